The fourth-order valence-corrected chi connectivity index (χ4v) is 4.28. The van der Waals surface area contributed by atoms with Crippen molar-refractivity contribution in [1.29, 1.82) is 0 Å². The molecule has 2 heterocycles. The fraction of sp³-hybridized carbons (Fsp3) is 0.192. The summed E-state index contributed by atoms with van der Waals surface area (Å²) in [6, 6.07) is 19.4. The number of ether oxygens (including phenoxy) is 1. The molecule has 1 atom stereocenters. The maximum atomic E-state index is 13.7. The molecular weight excluding hydrogens is 437 g/mol. The summed E-state index contributed by atoms with van der Waals surface area (Å²) in [5.41, 5.74) is 2.04. The lowest BCUT2D eigenvalue weighted by Crippen LogP contribution is -2.60. The molecule has 0 radical (unpaired) electrons. The molecule has 0 bridgehead atoms. The quantitative estimate of drug-likeness (QED) is 0.650. The minimum atomic E-state index is -0.813. The number of carbonyl (C=O) groups excluding carboxylic acids is 3. The number of hydrogen-bond acceptors (Lipinski definition) is 4. The highest BCUT2D eigenvalue weighted by Gasteiger charge is 2.40. The highest BCUT2D eigenvalue weighted by molar-refractivity contribution is 6.10. The summed E-state index contributed by atoms with van der Waals surface area (Å²) in [6.45, 7) is 0.450. The standard InChI is InChI=1S/C26H22FN3O4/c27-19-6-4-5-17(13-19)18-9-10-22-21(14-18)26(33)30-12-11-29(15-23(30)25(32)28-22)24(31)16-34-20-7-2-1-3-8-20/h1-10,13-14,23H,11-12,15-16H2,(H,28,32). The minimum Gasteiger partial charge on any atom is -0.484 e. The van der Waals surface area contributed by atoms with Crippen molar-refractivity contribution in [2.45, 2.75) is 6.04 Å². The summed E-state index contributed by atoms with van der Waals surface area (Å²) in [4.78, 5) is 42.1. The highest BCUT2D eigenvalue weighted by Crippen LogP contribution is 2.30. The lowest BCUT2D eigenvalue weighted by molar-refractivity contribution is -0.137. The van der Waals surface area contributed by atoms with Crippen LogP contribution in [-0.2, 0) is 9.59 Å². The summed E-state index contributed by atoms with van der Waals surface area (Å²) in [5, 5.41) is 2.81. The molecule has 1 N–H and O–H groups in total. The number of halogens is 1. The molecule has 8 heteroatoms. The Morgan fingerprint density at radius 1 is 0.971 bits per heavy atom. The zero-order chi connectivity index (χ0) is 23.7. The van der Waals surface area contributed by atoms with Gasteiger partial charge in [0.1, 0.15) is 17.6 Å². The molecule has 1 unspecified atom stereocenters. The summed E-state index contributed by atoms with van der Waals surface area (Å²) < 4.78 is 19.2. The summed E-state index contributed by atoms with van der Waals surface area (Å²) >= 11 is 0. The van der Waals surface area contributed by atoms with Gasteiger partial charge in [0.2, 0.25) is 5.91 Å². The number of anilines is 1. The predicted octanol–water partition coefficient (Wildman–Crippen LogP) is 3.18. The summed E-state index contributed by atoms with van der Waals surface area (Å²) in [5.74, 6) is -0.694. The number of benzene rings is 3. The zero-order valence-electron chi connectivity index (χ0n) is 18.2. The van der Waals surface area contributed by atoms with E-state index in [0.29, 0.717) is 34.7 Å². The molecule has 172 valence electrons. The van der Waals surface area contributed by atoms with Gasteiger partial charge in [0, 0.05) is 13.1 Å². The highest BCUT2D eigenvalue weighted by atomic mass is 19.1. The van der Waals surface area contributed by atoms with Gasteiger partial charge in [0.05, 0.1) is 17.8 Å². The van der Waals surface area contributed by atoms with Crippen LogP contribution in [0.2, 0.25) is 0 Å². The second kappa shape index (κ2) is 8.97. The van der Waals surface area contributed by atoms with Gasteiger partial charge in [-0.1, -0.05) is 36.4 Å². The Kier molecular flexibility index (Phi) is 5.71. The first-order valence-electron chi connectivity index (χ1n) is 11.0. The Labute approximate surface area is 195 Å². The largest absolute Gasteiger partial charge is 0.484 e. The molecule has 0 saturated carbocycles. The van der Waals surface area contributed by atoms with Crippen molar-refractivity contribution in [3.63, 3.8) is 0 Å². The molecule has 0 spiro atoms. The van der Waals surface area contributed by atoms with E-state index in [1.54, 1.807) is 47.4 Å². The van der Waals surface area contributed by atoms with E-state index < -0.39 is 6.04 Å². The number of nitrogens with one attached hydrogen (secondary N) is 1. The number of nitrogens with zero attached hydrogens (tertiary/aromatic N) is 2. The zero-order valence-corrected chi connectivity index (χ0v) is 18.2. The summed E-state index contributed by atoms with van der Waals surface area (Å²) in [7, 11) is 0. The SMILES string of the molecule is O=C1Nc2ccc(-c3cccc(F)c3)cc2C(=O)N2CCN(C(=O)COc3ccccc3)CC12. The van der Waals surface area contributed by atoms with E-state index in [4.69, 9.17) is 4.74 Å². The molecule has 34 heavy (non-hydrogen) atoms. The van der Waals surface area contributed by atoms with Crippen LogP contribution in [0.3, 0.4) is 0 Å². The number of rotatable bonds is 4. The second-order valence-electron chi connectivity index (χ2n) is 8.22. The normalized spacial score (nSPS) is 17.4. The fourth-order valence-electron chi connectivity index (χ4n) is 4.28. The first kappa shape index (κ1) is 21.6. The van der Waals surface area contributed by atoms with Gasteiger partial charge in [-0.15, -0.1) is 0 Å². The van der Waals surface area contributed by atoms with Crippen molar-refractivity contribution in [2.24, 2.45) is 0 Å². The van der Waals surface area contributed by atoms with Crippen molar-refractivity contribution >= 4 is 23.4 Å². The van der Waals surface area contributed by atoms with Crippen LogP contribution in [0.5, 0.6) is 5.75 Å². The van der Waals surface area contributed by atoms with E-state index in [2.05, 4.69) is 5.32 Å². The van der Waals surface area contributed by atoms with E-state index in [1.807, 2.05) is 18.2 Å². The Bertz CT molecular complexity index is 1260. The smallest absolute Gasteiger partial charge is 0.260 e. The average molecular weight is 459 g/mol. The molecule has 0 aliphatic carbocycles. The monoisotopic (exact) mass is 459 g/mol. The lowest BCUT2D eigenvalue weighted by Gasteiger charge is -2.39. The van der Waals surface area contributed by atoms with Gasteiger partial charge in [-0.05, 0) is 47.5 Å². The average Bonchev–Trinajstić information content (AvgIpc) is 2.97. The number of carbonyl (C=O) groups is 3. The third-order valence-corrected chi connectivity index (χ3v) is 6.07. The maximum absolute atomic E-state index is 13.7. The molecule has 1 saturated heterocycles. The van der Waals surface area contributed by atoms with E-state index in [-0.39, 0.29) is 43.2 Å². The number of para-hydroxylation sites is 1. The Morgan fingerprint density at radius 3 is 2.56 bits per heavy atom. The van der Waals surface area contributed by atoms with Crippen LogP contribution < -0.4 is 10.1 Å². The Morgan fingerprint density at radius 2 is 1.76 bits per heavy atom. The molecule has 1 fully saturated rings. The first-order valence-corrected chi connectivity index (χ1v) is 11.0. The van der Waals surface area contributed by atoms with Crippen molar-refractivity contribution in [3.05, 3.63) is 84.2 Å². The number of hydrogen-bond donors (Lipinski definition) is 1. The van der Waals surface area contributed by atoms with Gasteiger partial charge in [0.15, 0.2) is 6.61 Å². The maximum Gasteiger partial charge on any atom is 0.260 e. The number of piperazine rings is 1. The van der Waals surface area contributed by atoms with Crippen LogP contribution >= 0.6 is 0 Å². The Balaban J connectivity index is 1.33. The van der Waals surface area contributed by atoms with E-state index in [0.717, 1.165) is 0 Å². The molecular formula is C26H22FN3O4. The minimum absolute atomic E-state index is 0.0826. The van der Waals surface area contributed by atoms with E-state index in [1.165, 1.54) is 17.0 Å². The molecule has 2 aliphatic rings. The van der Waals surface area contributed by atoms with Crippen LogP contribution in [0.15, 0.2) is 72.8 Å². The predicted molar refractivity (Wildman–Crippen MR) is 124 cm³/mol. The third kappa shape index (κ3) is 4.22. The van der Waals surface area contributed by atoms with Gasteiger partial charge in [-0.3, -0.25) is 14.4 Å². The van der Waals surface area contributed by atoms with Gasteiger partial charge < -0.3 is 19.9 Å². The van der Waals surface area contributed by atoms with E-state index >= 15 is 0 Å². The van der Waals surface area contributed by atoms with Crippen LogP contribution in [0.1, 0.15) is 10.4 Å². The van der Waals surface area contributed by atoms with Gasteiger partial charge in [-0.2, -0.15) is 0 Å². The molecule has 3 aromatic carbocycles. The third-order valence-electron chi connectivity index (χ3n) is 6.07. The van der Waals surface area contributed by atoms with Crippen molar-refractivity contribution in [3.8, 4) is 16.9 Å². The topological polar surface area (TPSA) is 79.0 Å². The number of amides is 3. The molecule has 3 aromatic rings. The van der Waals surface area contributed by atoms with Crippen LogP contribution in [0.4, 0.5) is 10.1 Å². The van der Waals surface area contributed by atoms with Crippen molar-refractivity contribution in [2.75, 3.05) is 31.6 Å². The summed E-state index contributed by atoms with van der Waals surface area (Å²) in [6.07, 6.45) is 0. The molecule has 7 nitrogen and oxygen atoms in total. The lowest BCUT2D eigenvalue weighted by atomic mass is 10.0. The van der Waals surface area contributed by atoms with Crippen molar-refractivity contribution < 1.29 is 23.5 Å². The molecule has 3 amide bonds. The Hall–Kier alpha value is -4.20. The second-order valence-corrected chi connectivity index (χ2v) is 8.22. The molecule has 2 aliphatic heterocycles. The first-order chi connectivity index (χ1) is 16.5. The van der Waals surface area contributed by atoms with Gasteiger partial charge >= 0.3 is 0 Å². The van der Waals surface area contributed by atoms with Crippen LogP contribution in [0, 0.1) is 5.82 Å². The van der Waals surface area contributed by atoms with Gasteiger partial charge in [-0.25, -0.2) is 4.39 Å². The van der Waals surface area contributed by atoms with Crippen LogP contribution in [0.25, 0.3) is 11.1 Å². The molecule has 5 rings (SSSR count). The number of fused-ring (bicyclic) bond motifs is 2. The van der Waals surface area contributed by atoms with Crippen molar-refractivity contribution in [1.82, 2.24) is 9.80 Å². The van der Waals surface area contributed by atoms with Crippen LogP contribution in [-0.4, -0.2) is 59.8 Å². The van der Waals surface area contributed by atoms with Gasteiger partial charge in [0.25, 0.3) is 11.8 Å². The van der Waals surface area contributed by atoms with E-state index in [9.17, 15) is 18.8 Å². The molecule has 0 aromatic heterocycles.